The highest BCUT2D eigenvalue weighted by Gasteiger charge is 2.22. The van der Waals surface area contributed by atoms with Gasteiger partial charge in [-0.2, -0.15) is 5.26 Å². The van der Waals surface area contributed by atoms with E-state index in [1.807, 2.05) is 6.07 Å². The number of halogens is 1. The summed E-state index contributed by atoms with van der Waals surface area (Å²) in [5.41, 5.74) is 0.579. The van der Waals surface area contributed by atoms with Crippen molar-refractivity contribution in [2.75, 3.05) is 24.6 Å². The van der Waals surface area contributed by atoms with Crippen LogP contribution in [-0.2, 0) is 0 Å². The van der Waals surface area contributed by atoms with Crippen LogP contribution in [0.2, 0.25) is 5.02 Å². The number of ether oxygens (including phenoxy) is 1. The smallest absolute Gasteiger partial charge is 0.232 e. The summed E-state index contributed by atoms with van der Waals surface area (Å²) in [5, 5.41) is 9.38. The molecule has 3 heterocycles. The van der Waals surface area contributed by atoms with Gasteiger partial charge in [0.25, 0.3) is 0 Å². The third kappa shape index (κ3) is 3.91. The molecule has 3 rings (SSSR count). The highest BCUT2D eigenvalue weighted by Crippen LogP contribution is 2.24. The van der Waals surface area contributed by atoms with Crippen molar-refractivity contribution in [3.8, 4) is 11.9 Å². The molecule has 118 valence electrons. The fourth-order valence-electron chi connectivity index (χ4n) is 2.72. The normalized spacial score (nSPS) is 17.6. The van der Waals surface area contributed by atoms with Gasteiger partial charge in [0, 0.05) is 31.4 Å². The first-order valence-corrected chi connectivity index (χ1v) is 7.98. The Morgan fingerprint density at radius 3 is 3.00 bits per heavy atom. The van der Waals surface area contributed by atoms with Gasteiger partial charge in [0.2, 0.25) is 5.88 Å². The highest BCUT2D eigenvalue weighted by atomic mass is 35.5. The molecule has 0 N–H and O–H groups in total. The summed E-state index contributed by atoms with van der Waals surface area (Å²) in [5.74, 6) is 1.80. The second-order valence-corrected chi connectivity index (χ2v) is 5.98. The van der Waals surface area contributed by atoms with E-state index < -0.39 is 0 Å². The minimum absolute atomic E-state index is 0.402. The molecular formula is C17H17ClN4O. The average Bonchev–Trinajstić information content (AvgIpc) is 2.61. The Balaban J connectivity index is 1.59. The van der Waals surface area contributed by atoms with Crippen LogP contribution in [0.3, 0.4) is 0 Å². The number of hydrogen-bond donors (Lipinski definition) is 0. The standard InChI is InChI=1S/C17H17ClN4O/c18-15-4-1-7-20-17(15)23-12-14-3-2-8-22(11-14)16-6-5-13(9-19)10-21-16/h1,4-7,10,14H,2-3,8,11-12H2. The van der Waals surface area contributed by atoms with E-state index in [-0.39, 0.29) is 0 Å². The highest BCUT2D eigenvalue weighted by molar-refractivity contribution is 6.31. The van der Waals surface area contributed by atoms with E-state index in [0.29, 0.717) is 29.0 Å². The first kappa shape index (κ1) is 15.6. The quantitative estimate of drug-likeness (QED) is 0.861. The third-order valence-corrected chi connectivity index (χ3v) is 4.19. The number of piperidine rings is 1. The molecule has 1 saturated heterocycles. The largest absolute Gasteiger partial charge is 0.476 e. The SMILES string of the molecule is N#Cc1ccc(N2CCCC(COc3ncccc3Cl)C2)nc1. The zero-order chi connectivity index (χ0) is 16.1. The molecule has 1 fully saturated rings. The van der Waals surface area contributed by atoms with Crippen molar-refractivity contribution in [3.63, 3.8) is 0 Å². The number of nitriles is 1. The zero-order valence-electron chi connectivity index (χ0n) is 12.7. The summed E-state index contributed by atoms with van der Waals surface area (Å²) in [4.78, 5) is 10.8. The Morgan fingerprint density at radius 1 is 1.35 bits per heavy atom. The summed E-state index contributed by atoms with van der Waals surface area (Å²) >= 11 is 6.06. The maximum atomic E-state index is 8.84. The molecule has 23 heavy (non-hydrogen) atoms. The van der Waals surface area contributed by atoms with E-state index in [1.54, 1.807) is 30.6 Å². The average molecular weight is 329 g/mol. The molecule has 1 aliphatic rings. The van der Waals surface area contributed by atoms with Crippen molar-refractivity contribution in [2.24, 2.45) is 5.92 Å². The molecule has 0 spiro atoms. The van der Waals surface area contributed by atoms with Gasteiger partial charge in [-0.1, -0.05) is 11.6 Å². The van der Waals surface area contributed by atoms with E-state index in [2.05, 4.69) is 20.9 Å². The minimum atomic E-state index is 0.402. The molecular weight excluding hydrogens is 312 g/mol. The molecule has 1 atom stereocenters. The van der Waals surface area contributed by atoms with Gasteiger partial charge in [-0.05, 0) is 37.1 Å². The van der Waals surface area contributed by atoms with Crippen LogP contribution in [0.25, 0.3) is 0 Å². The molecule has 2 aromatic rings. The van der Waals surface area contributed by atoms with Crippen molar-refractivity contribution in [1.29, 1.82) is 5.26 Å². The molecule has 0 amide bonds. The van der Waals surface area contributed by atoms with E-state index in [0.717, 1.165) is 31.7 Å². The van der Waals surface area contributed by atoms with E-state index in [9.17, 15) is 0 Å². The predicted molar refractivity (Wildman–Crippen MR) is 88.6 cm³/mol. The Labute approximate surface area is 140 Å². The zero-order valence-corrected chi connectivity index (χ0v) is 13.4. The maximum absolute atomic E-state index is 8.84. The van der Waals surface area contributed by atoms with E-state index in [4.69, 9.17) is 21.6 Å². The fraction of sp³-hybridized carbons (Fsp3) is 0.353. The van der Waals surface area contributed by atoms with Gasteiger partial charge in [0.15, 0.2) is 0 Å². The molecule has 0 radical (unpaired) electrons. The van der Waals surface area contributed by atoms with Crippen molar-refractivity contribution >= 4 is 17.4 Å². The van der Waals surface area contributed by atoms with Crippen LogP contribution in [-0.4, -0.2) is 29.7 Å². The van der Waals surface area contributed by atoms with Crippen LogP contribution in [0, 0.1) is 17.2 Å². The Hall–Kier alpha value is -2.32. The van der Waals surface area contributed by atoms with Crippen molar-refractivity contribution in [2.45, 2.75) is 12.8 Å². The van der Waals surface area contributed by atoms with Crippen molar-refractivity contribution < 1.29 is 4.74 Å². The summed E-state index contributed by atoms with van der Waals surface area (Å²) in [6, 6.07) is 9.35. The lowest BCUT2D eigenvalue weighted by molar-refractivity contribution is 0.221. The van der Waals surface area contributed by atoms with Gasteiger partial charge in [-0.15, -0.1) is 0 Å². The molecule has 6 heteroatoms. The first-order valence-electron chi connectivity index (χ1n) is 7.60. The first-order chi connectivity index (χ1) is 11.3. The Morgan fingerprint density at radius 2 is 2.26 bits per heavy atom. The number of rotatable bonds is 4. The summed E-state index contributed by atoms with van der Waals surface area (Å²) < 4.78 is 5.76. The van der Waals surface area contributed by atoms with Gasteiger partial charge in [-0.3, -0.25) is 0 Å². The lowest BCUT2D eigenvalue weighted by atomic mass is 9.99. The molecule has 2 aromatic heterocycles. The van der Waals surface area contributed by atoms with Gasteiger partial charge in [0.1, 0.15) is 16.9 Å². The van der Waals surface area contributed by atoms with Crippen LogP contribution in [0.1, 0.15) is 18.4 Å². The van der Waals surface area contributed by atoms with Crippen molar-refractivity contribution in [1.82, 2.24) is 9.97 Å². The van der Waals surface area contributed by atoms with Crippen LogP contribution in [0.5, 0.6) is 5.88 Å². The molecule has 0 aromatic carbocycles. The second-order valence-electron chi connectivity index (χ2n) is 5.57. The summed E-state index contributed by atoms with van der Waals surface area (Å²) in [6.45, 7) is 2.44. The molecule has 0 saturated carbocycles. The third-order valence-electron chi connectivity index (χ3n) is 3.90. The molecule has 0 aliphatic carbocycles. The second kappa shape index (κ2) is 7.30. The van der Waals surface area contributed by atoms with E-state index >= 15 is 0 Å². The van der Waals surface area contributed by atoms with Crippen LogP contribution in [0.4, 0.5) is 5.82 Å². The van der Waals surface area contributed by atoms with Gasteiger partial charge >= 0.3 is 0 Å². The van der Waals surface area contributed by atoms with E-state index in [1.165, 1.54) is 0 Å². The lowest BCUT2D eigenvalue weighted by Crippen LogP contribution is -2.38. The fourth-order valence-corrected chi connectivity index (χ4v) is 2.90. The summed E-state index contributed by atoms with van der Waals surface area (Å²) in [7, 11) is 0. The molecule has 5 nitrogen and oxygen atoms in total. The molecule has 1 unspecified atom stereocenters. The minimum Gasteiger partial charge on any atom is -0.476 e. The van der Waals surface area contributed by atoms with Crippen molar-refractivity contribution in [3.05, 3.63) is 47.2 Å². The molecule has 1 aliphatic heterocycles. The van der Waals surface area contributed by atoms with Gasteiger partial charge in [-0.25, -0.2) is 9.97 Å². The van der Waals surface area contributed by atoms with Gasteiger partial charge in [0.05, 0.1) is 12.2 Å². The number of nitrogens with zero attached hydrogens (tertiary/aromatic N) is 4. The Bertz CT molecular complexity index is 698. The number of anilines is 1. The Kier molecular flexibility index (Phi) is 4.94. The molecule has 0 bridgehead atoms. The maximum Gasteiger partial charge on any atom is 0.232 e. The van der Waals surface area contributed by atoms with Crippen LogP contribution in [0.15, 0.2) is 36.7 Å². The number of aromatic nitrogens is 2. The van der Waals surface area contributed by atoms with Crippen LogP contribution < -0.4 is 9.64 Å². The number of pyridine rings is 2. The van der Waals surface area contributed by atoms with Crippen LogP contribution >= 0.6 is 11.6 Å². The predicted octanol–water partition coefficient (Wildman–Crippen LogP) is 3.30. The summed E-state index contributed by atoms with van der Waals surface area (Å²) in [6.07, 6.45) is 5.49. The monoisotopic (exact) mass is 328 g/mol. The number of hydrogen-bond acceptors (Lipinski definition) is 5. The van der Waals surface area contributed by atoms with Gasteiger partial charge < -0.3 is 9.64 Å². The topological polar surface area (TPSA) is 62.0 Å². The lowest BCUT2D eigenvalue weighted by Gasteiger charge is -2.33.